The Kier molecular flexibility index (Phi) is 21.2. The van der Waals surface area contributed by atoms with Crippen molar-refractivity contribution in [3.05, 3.63) is 124 Å². The van der Waals surface area contributed by atoms with Crippen molar-refractivity contribution >= 4 is 83.6 Å². The van der Waals surface area contributed by atoms with Crippen molar-refractivity contribution in [3.63, 3.8) is 0 Å². The Morgan fingerprint density at radius 3 is 1.23 bits per heavy atom. The van der Waals surface area contributed by atoms with Gasteiger partial charge < -0.3 is 55.3 Å². The predicted molar refractivity (Wildman–Crippen MR) is 306 cm³/mol. The number of Topliss-reactive ketones (excluding diaryl/α,β-unsaturated/α-hetero) is 2. The van der Waals surface area contributed by atoms with Crippen LogP contribution in [0.15, 0.2) is 91.4 Å². The highest BCUT2D eigenvalue weighted by Gasteiger charge is 2.35. The second-order valence-electron chi connectivity index (χ2n) is 19.4. The molecule has 6 aromatic heterocycles. The molecule has 11 rings (SSSR count). The van der Waals surface area contributed by atoms with Gasteiger partial charge in [0.15, 0.2) is 52.2 Å². The molecule has 9 heterocycles. The summed E-state index contributed by atoms with van der Waals surface area (Å²) in [5.41, 5.74) is 5.60. The molecule has 8 aromatic rings. The van der Waals surface area contributed by atoms with Crippen molar-refractivity contribution in [3.8, 4) is 11.5 Å². The van der Waals surface area contributed by atoms with Crippen LogP contribution in [0.1, 0.15) is 52.6 Å². The van der Waals surface area contributed by atoms with Gasteiger partial charge in [-0.25, -0.2) is 8.78 Å². The number of aromatic nitrogens is 12. The van der Waals surface area contributed by atoms with Crippen molar-refractivity contribution in [2.45, 2.75) is 75.2 Å². The summed E-state index contributed by atoms with van der Waals surface area (Å²) in [6.45, 7) is 4.85. The zero-order valence-corrected chi connectivity index (χ0v) is 48.8. The molecule has 0 amide bonds. The Labute approximate surface area is 507 Å². The van der Waals surface area contributed by atoms with Gasteiger partial charge in [-0.05, 0) is 91.1 Å². The van der Waals surface area contributed by atoms with Crippen molar-refractivity contribution in [2.24, 2.45) is 0 Å². The van der Waals surface area contributed by atoms with Gasteiger partial charge in [0.25, 0.3) is 0 Å². The van der Waals surface area contributed by atoms with Crippen LogP contribution in [0.2, 0.25) is 0 Å². The van der Waals surface area contributed by atoms with Crippen molar-refractivity contribution in [2.75, 3.05) is 89.9 Å². The molecule has 0 saturated carbocycles. The molecule has 0 aliphatic carbocycles. The van der Waals surface area contributed by atoms with E-state index < -0.39 is 59.6 Å². The van der Waals surface area contributed by atoms with Crippen LogP contribution in [-0.2, 0) is 31.9 Å². The second kappa shape index (κ2) is 29.3. The fourth-order valence-electron chi connectivity index (χ4n) is 9.39. The Hall–Kier alpha value is -8.74. The number of alkyl halides is 6. The number of ether oxygens (including phenoxy) is 4. The Bertz CT molecular complexity index is 3370. The molecule has 3 aliphatic rings. The normalized spacial score (nSPS) is 17.3. The number of benzene rings is 2. The van der Waals surface area contributed by atoms with E-state index in [1.807, 2.05) is 36.4 Å². The van der Waals surface area contributed by atoms with Crippen LogP contribution in [-0.4, -0.2) is 157 Å². The number of nitrogens with one attached hydrogen (secondary N) is 3. The minimum atomic E-state index is -5.08. The van der Waals surface area contributed by atoms with Gasteiger partial charge in [0.1, 0.15) is 22.2 Å². The van der Waals surface area contributed by atoms with E-state index in [4.69, 9.17) is 15.2 Å². The number of ketones is 2. The van der Waals surface area contributed by atoms with Crippen molar-refractivity contribution in [1.82, 2.24) is 61.2 Å². The molecule has 88 heavy (non-hydrogen) atoms. The lowest BCUT2D eigenvalue weighted by molar-refractivity contribution is -0.276. The Balaban J connectivity index is 0.000000165. The molecule has 3 fully saturated rings. The summed E-state index contributed by atoms with van der Waals surface area (Å²) in [5, 5.41) is 61.0. The van der Waals surface area contributed by atoms with Gasteiger partial charge in [0.05, 0.1) is 12.8 Å². The number of nitrogen functional groups attached to an aromatic ring is 1. The van der Waals surface area contributed by atoms with Gasteiger partial charge >= 0.3 is 12.7 Å². The van der Waals surface area contributed by atoms with E-state index in [0.29, 0.717) is 44.5 Å². The zero-order chi connectivity index (χ0) is 62.4. The molecule has 3 aliphatic heterocycles. The van der Waals surface area contributed by atoms with E-state index in [1.54, 1.807) is 18.6 Å². The van der Waals surface area contributed by atoms with E-state index >= 15 is 0 Å². The fraction of sp³-hybridized carbons (Fsp3) is 0.385. The van der Waals surface area contributed by atoms with Gasteiger partial charge in [0.2, 0.25) is 20.5 Å². The summed E-state index contributed by atoms with van der Waals surface area (Å²) >= 11 is 3.75. The molecule has 466 valence electrons. The first kappa shape index (κ1) is 63.8. The van der Waals surface area contributed by atoms with Crippen molar-refractivity contribution in [1.29, 1.82) is 0 Å². The van der Waals surface area contributed by atoms with Gasteiger partial charge in [-0.3, -0.25) is 9.59 Å². The summed E-state index contributed by atoms with van der Waals surface area (Å²) in [6, 6.07) is 17.3. The summed E-state index contributed by atoms with van der Waals surface area (Å²) < 4.78 is 120. The maximum Gasteiger partial charge on any atom is 0.573 e. The number of hydrogen-bond acceptors (Lipinski definition) is 28. The smallest absolute Gasteiger partial charge is 0.403 e. The number of hydrogen-bond donors (Lipinski definition) is 4. The lowest BCUT2D eigenvalue weighted by atomic mass is 10.0. The van der Waals surface area contributed by atoms with E-state index in [0.717, 1.165) is 92.3 Å². The van der Waals surface area contributed by atoms with E-state index in [-0.39, 0.29) is 36.1 Å². The highest BCUT2D eigenvalue weighted by atomic mass is 32.1. The van der Waals surface area contributed by atoms with E-state index in [1.165, 1.54) is 60.4 Å². The zero-order valence-electron chi connectivity index (χ0n) is 46.3. The molecule has 3 saturated heterocycles. The van der Waals surface area contributed by atoms with Gasteiger partial charge in [-0.1, -0.05) is 46.1 Å². The first-order chi connectivity index (χ1) is 42.2. The topological polar surface area (TPSA) is 298 Å². The molecule has 0 spiro atoms. The van der Waals surface area contributed by atoms with Crippen LogP contribution in [0.4, 0.5) is 73.1 Å². The van der Waals surface area contributed by atoms with Gasteiger partial charge in [-0.2, -0.15) is 15.3 Å². The van der Waals surface area contributed by atoms with Crippen LogP contribution in [0.25, 0.3) is 0 Å². The number of nitrogens with zero attached hydrogens (tertiary/aromatic N) is 15. The fourth-order valence-corrected chi connectivity index (χ4v) is 11.6. The standard InChI is InChI=1S/2C21H20F4N6O3S.C10H13N7S/c2*1-33-19(12-4-5-14(22)16(9-12)34-21(23,24)25)15(32)10-18-29-30-20(35-18)27-13-6-8-31(11-13)17-3-2-7-26-28-17;11-9-15-16-10(18-9)13-7-3-5-17(6-7)8-2-1-4-12-14-8/h2*2-5,7,9,13,19H,6,8,10-11H2,1H3,(H,27,30);1-2,4,7H,3,5-6H2,(H2,11,15)(H,13,16)/t13-,19+;13-,19-;7-/m111/s1. The average molecular weight is 1290 g/mol. The highest BCUT2D eigenvalue weighted by Crippen LogP contribution is 2.34. The number of halogens is 8. The first-order valence-electron chi connectivity index (χ1n) is 26.6. The Morgan fingerprint density at radius 1 is 0.545 bits per heavy atom. The third kappa shape index (κ3) is 18.2. The molecule has 2 aromatic carbocycles. The number of methoxy groups -OCH3 is 2. The lowest BCUT2D eigenvalue weighted by Gasteiger charge is -2.16. The molecule has 0 unspecified atom stereocenters. The number of nitrogens with two attached hydrogens (primary N) is 1. The second-order valence-corrected chi connectivity index (χ2v) is 22.5. The van der Waals surface area contributed by atoms with Crippen LogP contribution in [0.3, 0.4) is 0 Å². The molecule has 0 bridgehead atoms. The third-order valence-electron chi connectivity index (χ3n) is 13.2. The maximum absolute atomic E-state index is 13.7. The quantitative estimate of drug-likeness (QED) is 0.0501. The third-order valence-corrected chi connectivity index (χ3v) is 15.6. The van der Waals surface area contributed by atoms with Crippen molar-refractivity contribution < 1.29 is 63.7 Å². The van der Waals surface area contributed by atoms with Crippen LogP contribution >= 0.6 is 34.0 Å². The summed E-state index contributed by atoms with van der Waals surface area (Å²) in [7, 11) is 2.46. The SMILES string of the molecule is CO[C@@H](C(=O)Cc1nnc(N[C@@H]2CCN(c3cccnn3)C2)s1)c1ccc(F)c(OC(F)(F)F)c1.CO[C@H](C(=O)Cc1nnc(N[C@@H]2CCN(c3cccnn3)C2)s1)c1ccc(F)c(OC(F)(F)F)c1.Nc1nnc(N[C@@H]2CCN(c3cccnn3)C2)s1. The van der Waals surface area contributed by atoms with E-state index in [9.17, 15) is 44.7 Å². The molecule has 25 nitrogen and oxygen atoms in total. The molecule has 36 heteroatoms. The summed E-state index contributed by atoms with van der Waals surface area (Å²) in [4.78, 5) is 32.0. The maximum atomic E-state index is 13.7. The van der Waals surface area contributed by atoms with Crippen LogP contribution < -0.4 is 45.9 Å². The molecular weight excluding hydrogens is 1230 g/mol. The monoisotopic (exact) mass is 1290 g/mol. The summed E-state index contributed by atoms with van der Waals surface area (Å²) in [6.07, 6.45) is -5.32. The first-order valence-corrected chi connectivity index (χ1v) is 29.0. The minimum absolute atomic E-state index is 0.0241. The van der Waals surface area contributed by atoms with Gasteiger partial charge in [-0.15, -0.1) is 72.2 Å². The number of anilines is 7. The minimum Gasteiger partial charge on any atom is -0.403 e. The molecule has 0 radical (unpaired) electrons. The van der Waals surface area contributed by atoms with E-state index in [2.05, 4.69) is 101 Å². The van der Waals surface area contributed by atoms with Gasteiger partial charge in [0, 0.05) is 90.2 Å². The molecular formula is C52H53F8N19O6S3. The van der Waals surface area contributed by atoms with Crippen LogP contribution in [0, 0.1) is 11.6 Å². The molecule has 5 N–H and O–H groups in total. The lowest BCUT2D eigenvalue weighted by Crippen LogP contribution is -2.26. The number of carbonyl (C=O) groups is 2. The Morgan fingerprint density at radius 2 is 0.909 bits per heavy atom. The highest BCUT2D eigenvalue weighted by molar-refractivity contribution is 7.18. The number of rotatable bonds is 21. The molecule has 5 atom stereocenters. The number of carbonyl (C=O) groups excluding carboxylic acids is 2. The predicted octanol–water partition coefficient (Wildman–Crippen LogP) is 7.71. The average Bonchev–Trinajstić information content (AvgIpc) is 4.54. The summed E-state index contributed by atoms with van der Waals surface area (Å²) in [5.74, 6) is -2.97. The van der Waals surface area contributed by atoms with Crippen LogP contribution in [0.5, 0.6) is 11.5 Å². The largest absolute Gasteiger partial charge is 0.573 e.